The SMILES string of the molecule is COCC1(CNC(=O)Cc2ccccc2C)CCNCC1.Cl. The van der Waals surface area contributed by atoms with Crippen molar-refractivity contribution in [2.24, 2.45) is 5.41 Å². The molecule has 0 spiro atoms. The maximum atomic E-state index is 12.2. The highest BCUT2D eigenvalue weighted by Gasteiger charge is 2.32. The molecule has 22 heavy (non-hydrogen) atoms. The summed E-state index contributed by atoms with van der Waals surface area (Å²) in [5.74, 6) is 0.0957. The molecule has 1 aromatic rings. The number of rotatable bonds is 6. The highest BCUT2D eigenvalue weighted by Crippen LogP contribution is 2.28. The summed E-state index contributed by atoms with van der Waals surface area (Å²) in [7, 11) is 1.74. The minimum Gasteiger partial charge on any atom is -0.384 e. The van der Waals surface area contributed by atoms with Crippen LogP contribution in [0, 0.1) is 12.3 Å². The summed E-state index contributed by atoms with van der Waals surface area (Å²) in [6.07, 6.45) is 2.55. The molecule has 2 N–H and O–H groups in total. The van der Waals surface area contributed by atoms with Crippen molar-refractivity contribution in [1.29, 1.82) is 0 Å². The van der Waals surface area contributed by atoms with Crippen molar-refractivity contribution in [3.05, 3.63) is 35.4 Å². The van der Waals surface area contributed by atoms with Crippen molar-refractivity contribution in [3.8, 4) is 0 Å². The van der Waals surface area contributed by atoms with Gasteiger partial charge in [0.25, 0.3) is 0 Å². The number of hydrogen-bond acceptors (Lipinski definition) is 3. The van der Waals surface area contributed by atoms with E-state index in [2.05, 4.69) is 10.6 Å². The summed E-state index contributed by atoms with van der Waals surface area (Å²) in [4.78, 5) is 12.2. The monoisotopic (exact) mass is 326 g/mol. The Bertz CT molecular complexity index is 468. The number of amides is 1. The van der Waals surface area contributed by atoms with Gasteiger partial charge in [-0.1, -0.05) is 24.3 Å². The fourth-order valence-corrected chi connectivity index (χ4v) is 2.97. The summed E-state index contributed by atoms with van der Waals surface area (Å²) in [5, 5.41) is 6.47. The van der Waals surface area contributed by atoms with Gasteiger partial charge in [0.2, 0.25) is 5.91 Å². The minimum absolute atomic E-state index is 0. The summed E-state index contributed by atoms with van der Waals surface area (Å²) in [5.41, 5.74) is 2.35. The van der Waals surface area contributed by atoms with Gasteiger partial charge in [-0.05, 0) is 44.0 Å². The molecule has 1 amide bonds. The lowest BCUT2D eigenvalue weighted by molar-refractivity contribution is -0.121. The number of hydrogen-bond donors (Lipinski definition) is 2. The zero-order chi connectivity index (χ0) is 15.1. The van der Waals surface area contributed by atoms with Crippen molar-refractivity contribution in [2.45, 2.75) is 26.2 Å². The Labute approximate surface area is 139 Å². The van der Waals surface area contributed by atoms with E-state index in [9.17, 15) is 4.79 Å². The zero-order valence-electron chi connectivity index (χ0n) is 13.5. The minimum atomic E-state index is 0. The van der Waals surface area contributed by atoms with Crippen LogP contribution in [-0.2, 0) is 16.0 Å². The van der Waals surface area contributed by atoms with Crippen molar-refractivity contribution in [2.75, 3.05) is 33.4 Å². The van der Waals surface area contributed by atoms with E-state index >= 15 is 0 Å². The first-order valence-corrected chi connectivity index (χ1v) is 7.66. The Hall–Kier alpha value is -1.10. The summed E-state index contributed by atoms with van der Waals surface area (Å²) < 4.78 is 5.38. The molecule has 2 rings (SSSR count). The van der Waals surface area contributed by atoms with E-state index < -0.39 is 0 Å². The molecule has 4 nitrogen and oxygen atoms in total. The maximum absolute atomic E-state index is 12.2. The highest BCUT2D eigenvalue weighted by atomic mass is 35.5. The molecule has 0 radical (unpaired) electrons. The summed E-state index contributed by atoms with van der Waals surface area (Å²) in [6.45, 7) is 5.45. The Morgan fingerprint density at radius 2 is 2.00 bits per heavy atom. The number of aryl methyl sites for hydroxylation is 1. The third kappa shape index (κ3) is 5.27. The maximum Gasteiger partial charge on any atom is 0.224 e. The molecule has 0 saturated carbocycles. The number of benzene rings is 1. The van der Waals surface area contributed by atoms with Crippen LogP contribution in [-0.4, -0.2) is 39.3 Å². The molecule has 0 unspecified atom stereocenters. The largest absolute Gasteiger partial charge is 0.384 e. The average Bonchev–Trinajstić information content (AvgIpc) is 2.49. The van der Waals surface area contributed by atoms with Gasteiger partial charge in [0.05, 0.1) is 13.0 Å². The number of ether oxygens (including phenoxy) is 1. The molecule has 1 aliphatic rings. The van der Waals surface area contributed by atoms with Crippen LogP contribution in [0.25, 0.3) is 0 Å². The van der Waals surface area contributed by atoms with Gasteiger partial charge in [0.15, 0.2) is 0 Å². The predicted molar refractivity (Wildman–Crippen MR) is 91.6 cm³/mol. The number of halogens is 1. The molecule has 1 fully saturated rings. The lowest BCUT2D eigenvalue weighted by Gasteiger charge is -2.37. The van der Waals surface area contributed by atoms with Crippen LogP contribution in [0.3, 0.4) is 0 Å². The second-order valence-corrected chi connectivity index (χ2v) is 6.06. The fraction of sp³-hybridized carbons (Fsp3) is 0.588. The van der Waals surface area contributed by atoms with Gasteiger partial charge in [-0.3, -0.25) is 4.79 Å². The zero-order valence-corrected chi connectivity index (χ0v) is 14.3. The van der Waals surface area contributed by atoms with Gasteiger partial charge < -0.3 is 15.4 Å². The quantitative estimate of drug-likeness (QED) is 0.841. The first kappa shape index (κ1) is 18.9. The topological polar surface area (TPSA) is 50.4 Å². The van der Waals surface area contributed by atoms with Crippen LogP contribution in [0.5, 0.6) is 0 Å². The Morgan fingerprint density at radius 3 is 2.64 bits per heavy atom. The summed E-state index contributed by atoms with van der Waals surface area (Å²) >= 11 is 0. The van der Waals surface area contributed by atoms with E-state index in [4.69, 9.17) is 4.74 Å². The highest BCUT2D eigenvalue weighted by molar-refractivity contribution is 5.85. The van der Waals surface area contributed by atoms with Crippen LogP contribution >= 0.6 is 12.4 Å². The van der Waals surface area contributed by atoms with Crippen LogP contribution in [0.15, 0.2) is 24.3 Å². The lowest BCUT2D eigenvalue weighted by Crippen LogP contribution is -2.47. The van der Waals surface area contributed by atoms with Crippen molar-refractivity contribution in [1.82, 2.24) is 10.6 Å². The van der Waals surface area contributed by atoms with Gasteiger partial charge in [-0.25, -0.2) is 0 Å². The number of carbonyl (C=O) groups excluding carboxylic acids is 1. The molecule has 1 aromatic carbocycles. The van der Waals surface area contributed by atoms with Gasteiger partial charge >= 0.3 is 0 Å². The standard InChI is InChI=1S/C17H26N2O2.ClH/c1-14-5-3-4-6-15(14)11-16(20)19-12-17(13-21-2)7-9-18-10-8-17;/h3-6,18H,7-13H2,1-2H3,(H,19,20);1H. The van der Waals surface area contributed by atoms with Crippen molar-refractivity contribution < 1.29 is 9.53 Å². The van der Waals surface area contributed by atoms with E-state index in [0.29, 0.717) is 19.6 Å². The van der Waals surface area contributed by atoms with E-state index in [0.717, 1.165) is 31.5 Å². The molecule has 1 aliphatic heterocycles. The molecule has 124 valence electrons. The van der Waals surface area contributed by atoms with E-state index in [1.807, 2.05) is 31.2 Å². The molecule has 1 saturated heterocycles. The third-order valence-corrected chi connectivity index (χ3v) is 4.39. The van der Waals surface area contributed by atoms with Crippen LogP contribution < -0.4 is 10.6 Å². The van der Waals surface area contributed by atoms with Gasteiger partial charge in [-0.2, -0.15) is 0 Å². The molecule has 1 heterocycles. The number of carbonyl (C=O) groups is 1. The molecule has 5 heteroatoms. The van der Waals surface area contributed by atoms with Crippen molar-refractivity contribution in [3.63, 3.8) is 0 Å². The van der Waals surface area contributed by atoms with Gasteiger partial charge in [0, 0.05) is 19.1 Å². The second-order valence-electron chi connectivity index (χ2n) is 6.06. The van der Waals surface area contributed by atoms with Crippen molar-refractivity contribution >= 4 is 18.3 Å². The second kappa shape index (κ2) is 9.13. The Balaban J connectivity index is 0.00000242. The van der Waals surface area contributed by atoms with Crippen LogP contribution in [0.2, 0.25) is 0 Å². The predicted octanol–water partition coefficient (Wildman–Crippen LogP) is 2.09. The summed E-state index contributed by atoms with van der Waals surface area (Å²) in [6, 6.07) is 8.04. The smallest absolute Gasteiger partial charge is 0.224 e. The van der Waals surface area contributed by atoms with E-state index in [-0.39, 0.29) is 23.7 Å². The first-order valence-electron chi connectivity index (χ1n) is 7.66. The molecule has 0 atom stereocenters. The molecule has 0 aromatic heterocycles. The molecular weight excluding hydrogens is 300 g/mol. The average molecular weight is 327 g/mol. The van der Waals surface area contributed by atoms with E-state index in [1.165, 1.54) is 5.56 Å². The van der Waals surface area contributed by atoms with Gasteiger partial charge in [0.1, 0.15) is 0 Å². The van der Waals surface area contributed by atoms with E-state index in [1.54, 1.807) is 7.11 Å². The number of methoxy groups -OCH3 is 1. The Kier molecular flexibility index (Phi) is 7.87. The molecule has 0 aliphatic carbocycles. The fourth-order valence-electron chi connectivity index (χ4n) is 2.97. The first-order chi connectivity index (χ1) is 10.2. The third-order valence-electron chi connectivity index (χ3n) is 4.39. The Morgan fingerprint density at radius 1 is 1.32 bits per heavy atom. The normalized spacial score (nSPS) is 16.6. The number of nitrogens with one attached hydrogen (secondary N) is 2. The number of piperidine rings is 1. The van der Waals surface area contributed by atoms with Crippen LogP contribution in [0.4, 0.5) is 0 Å². The molecular formula is C17H27ClN2O2. The lowest BCUT2D eigenvalue weighted by atomic mass is 9.79. The van der Waals surface area contributed by atoms with Gasteiger partial charge in [-0.15, -0.1) is 12.4 Å². The van der Waals surface area contributed by atoms with Crippen LogP contribution in [0.1, 0.15) is 24.0 Å². The molecule has 0 bridgehead atoms.